The van der Waals surface area contributed by atoms with E-state index in [1.807, 2.05) is 11.9 Å². The van der Waals surface area contributed by atoms with Crippen molar-refractivity contribution in [2.75, 3.05) is 25.1 Å². The molecule has 1 aromatic carbocycles. The monoisotopic (exact) mass is 387 g/mol. The van der Waals surface area contributed by atoms with E-state index in [1.54, 1.807) is 12.1 Å². The molecule has 5 nitrogen and oxygen atoms in total. The van der Waals surface area contributed by atoms with E-state index in [9.17, 15) is 12.8 Å². The topological polar surface area (TPSA) is 61.8 Å². The van der Waals surface area contributed by atoms with Crippen molar-refractivity contribution in [3.05, 3.63) is 34.6 Å². The third-order valence-corrected chi connectivity index (χ3v) is 6.65. The summed E-state index contributed by atoms with van der Waals surface area (Å²) in [5.74, 6) is 0.875. The Kier molecular flexibility index (Phi) is 5.53. The van der Waals surface area contributed by atoms with Gasteiger partial charge in [0.25, 0.3) is 0 Å². The van der Waals surface area contributed by atoms with E-state index in [0.717, 1.165) is 24.4 Å². The van der Waals surface area contributed by atoms with Crippen molar-refractivity contribution in [3.8, 4) is 0 Å². The van der Waals surface area contributed by atoms with Crippen LogP contribution in [-0.2, 0) is 16.4 Å². The first-order valence-electron chi connectivity index (χ1n) is 8.49. The molecular formula is C17H23ClFN3O2S. The fourth-order valence-electron chi connectivity index (χ4n) is 2.91. The number of nitrogens with one attached hydrogen (secondary N) is 1. The van der Waals surface area contributed by atoms with Gasteiger partial charge < -0.3 is 10.2 Å². The van der Waals surface area contributed by atoms with Crippen LogP contribution in [0.3, 0.4) is 0 Å². The zero-order valence-corrected chi connectivity index (χ0v) is 15.8. The van der Waals surface area contributed by atoms with Crippen molar-refractivity contribution in [2.45, 2.75) is 31.8 Å². The van der Waals surface area contributed by atoms with Gasteiger partial charge in [0.1, 0.15) is 5.82 Å². The van der Waals surface area contributed by atoms with Crippen molar-refractivity contribution >= 4 is 27.4 Å². The van der Waals surface area contributed by atoms with Gasteiger partial charge in [-0.15, -0.1) is 0 Å². The van der Waals surface area contributed by atoms with E-state index < -0.39 is 15.7 Å². The van der Waals surface area contributed by atoms with E-state index in [4.69, 9.17) is 11.6 Å². The minimum Gasteiger partial charge on any atom is -0.354 e. The second-order valence-electron chi connectivity index (χ2n) is 6.96. The Hall–Kier alpha value is -1.34. The van der Waals surface area contributed by atoms with Gasteiger partial charge in [-0.2, -0.15) is 0 Å². The Bertz CT molecular complexity index is 765. The highest BCUT2D eigenvalue weighted by Crippen LogP contribution is 2.21. The fraction of sp³-hybridized carbons (Fsp3) is 0.588. The van der Waals surface area contributed by atoms with Crippen LogP contribution in [0.4, 0.5) is 4.39 Å². The molecule has 1 saturated heterocycles. The second kappa shape index (κ2) is 7.50. The summed E-state index contributed by atoms with van der Waals surface area (Å²) in [6.45, 7) is 0.989. The maximum Gasteiger partial charge on any atom is 0.194 e. The van der Waals surface area contributed by atoms with Crippen LogP contribution < -0.4 is 5.32 Å². The van der Waals surface area contributed by atoms with E-state index >= 15 is 0 Å². The van der Waals surface area contributed by atoms with Gasteiger partial charge in [0.2, 0.25) is 0 Å². The number of sulfone groups is 1. The van der Waals surface area contributed by atoms with Crippen molar-refractivity contribution in [1.29, 1.82) is 0 Å². The summed E-state index contributed by atoms with van der Waals surface area (Å²) in [4.78, 5) is 6.57. The molecule has 0 radical (unpaired) electrons. The maximum atomic E-state index is 13.6. The van der Waals surface area contributed by atoms with E-state index in [0.29, 0.717) is 25.6 Å². The van der Waals surface area contributed by atoms with E-state index in [-0.39, 0.29) is 22.4 Å². The summed E-state index contributed by atoms with van der Waals surface area (Å²) in [5.41, 5.74) is 0.804. The predicted octanol–water partition coefficient (Wildman–Crippen LogP) is 2.45. The third-order valence-electron chi connectivity index (χ3n) is 4.50. The van der Waals surface area contributed by atoms with Crippen LogP contribution in [0, 0.1) is 11.7 Å². The zero-order chi connectivity index (χ0) is 18.0. The molecule has 3 rings (SSSR count). The van der Waals surface area contributed by atoms with Gasteiger partial charge in [0.15, 0.2) is 15.8 Å². The quantitative estimate of drug-likeness (QED) is 0.622. The average Bonchev–Trinajstić information content (AvgIpc) is 3.29. The number of hydrogen-bond acceptors (Lipinski definition) is 3. The average molecular weight is 388 g/mol. The number of aliphatic imine (C=N–C) groups is 1. The minimum absolute atomic E-state index is 0.0855. The molecule has 1 N–H and O–H groups in total. The molecule has 2 fully saturated rings. The Morgan fingerprint density at radius 1 is 1.40 bits per heavy atom. The number of guanidine groups is 1. The zero-order valence-electron chi connectivity index (χ0n) is 14.2. The van der Waals surface area contributed by atoms with Gasteiger partial charge in [0, 0.05) is 26.2 Å². The van der Waals surface area contributed by atoms with Crippen molar-refractivity contribution in [1.82, 2.24) is 10.2 Å². The molecule has 1 heterocycles. The Morgan fingerprint density at radius 3 is 2.76 bits per heavy atom. The number of hydrogen-bond donors (Lipinski definition) is 1. The molecule has 1 aliphatic heterocycles. The highest BCUT2D eigenvalue weighted by atomic mass is 35.5. The van der Waals surface area contributed by atoms with Gasteiger partial charge in [-0.25, -0.2) is 12.8 Å². The van der Waals surface area contributed by atoms with Crippen LogP contribution in [-0.4, -0.2) is 50.4 Å². The third kappa shape index (κ3) is 5.31. The van der Waals surface area contributed by atoms with E-state index in [2.05, 4.69) is 10.3 Å². The smallest absolute Gasteiger partial charge is 0.194 e. The number of rotatable bonds is 5. The highest BCUT2D eigenvalue weighted by Gasteiger charge is 2.28. The molecule has 0 aromatic heterocycles. The molecule has 1 saturated carbocycles. The number of halogens is 2. The molecule has 1 atom stereocenters. The molecule has 25 heavy (non-hydrogen) atoms. The highest BCUT2D eigenvalue weighted by molar-refractivity contribution is 7.91. The molecule has 2 aliphatic rings. The van der Waals surface area contributed by atoms with Gasteiger partial charge in [-0.1, -0.05) is 17.7 Å². The first kappa shape index (κ1) is 18.5. The largest absolute Gasteiger partial charge is 0.354 e. The lowest BCUT2D eigenvalue weighted by Gasteiger charge is -2.23. The van der Waals surface area contributed by atoms with Crippen LogP contribution in [0.2, 0.25) is 5.02 Å². The Morgan fingerprint density at radius 2 is 2.16 bits per heavy atom. The normalized spacial score (nSPS) is 22.8. The Labute approximate surface area is 153 Å². The standard InChI is InChI=1S/C17H23ClFN3O2S/c1-22(10-12-2-5-15(18)16(19)8-12)17(21-14-3-4-14)20-9-13-6-7-25(23,24)11-13/h2,5,8,13-14H,3-4,6-7,9-11H2,1H3,(H,20,21). The van der Waals surface area contributed by atoms with Crippen molar-refractivity contribution in [3.63, 3.8) is 0 Å². The number of nitrogens with zero attached hydrogens (tertiary/aromatic N) is 2. The molecule has 0 bridgehead atoms. The summed E-state index contributed by atoms with van der Waals surface area (Å²) in [6, 6.07) is 5.20. The molecule has 1 unspecified atom stereocenters. The van der Waals surface area contributed by atoms with Gasteiger partial charge in [-0.05, 0) is 42.9 Å². The first-order chi connectivity index (χ1) is 11.8. The number of benzene rings is 1. The lowest BCUT2D eigenvalue weighted by molar-refractivity contribution is 0.468. The summed E-state index contributed by atoms with van der Waals surface area (Å²) >= 11 is 5.73. The lowest BCUT2D eigenvalue weighted by Crippen LogP contribution is -2.40. The summed E-state index contributed by atoms with van der Waals surface area (Å²) < 4.78 is 36.8. The molecule has 1 aliphatic carbocycles. The van der Waals surface area contributed by atoms with Crippen LogP contribution >= 0.6 is 11.6 Å². The molecule has 0 amide bonds. The predicted molar refractivity (Wildman–Crippen MR) is 98.1 cm³/mol. The summed E-state index contributed by atoms with van der Waals surface area (Å²) in [5, 5.41) is 3.50. The van der Waals surface area contributed by atoms with Crippen LogP contribution in [0.5, 0.6) is 0 Å². The molecular weight excluding hydrogens is 365 g/mol. The van der Waals surface area contributed by atoms with Crippen LogP contribution in [0.25, 0.3) is 0 Å². The Balaban J connectivity index is 1.66. The lowest BCUT2D eigenvalue weighted by atomic mass is 10.1. The maximum absolute atomic E-state index is 13.6. The second-order valence-corrected chi connectivity index (χ2v) is 9.59. The minimum atomic E-state index is -2.89. The van der Waals surface area contributed by atoms with E-state index in [1.165, 1.54) is 6.07 Å². The van der Waals surface area contributed by atoms with Gasteiger partial charge in [-0.3, -0.25) is 4.99 Å². The van der Waals surface area contributed by atoms with Gasteiger partial charge >= 0.3 is 0 Å². The SMILES string of the molecule is CN(Cc1ccc(Cl)c(F)c1)C(=NCC1CCS(=O)(=O)C1)NC1CC1. The van der Waals surface area contributed by atoms with Crippen LogP contribution in [0.15, 0.2) is 23.2 Å². The first-order valence-corrected chi connectivity index (χ1v) is 10.7. The summed E-state index contributed by atoms with van der Waals surface area (Å²) in [7, 11) is -0.994. The molecule has 8 heteroatoms. The van der Waals surface area contributed by atoms with Crippen LogP contribution in [0.1, 0.15) is 24.8 Å². The fourth-order valence-corrected chi connectivity index (χ4v) is 4.87. The van der Waals surface area contributed by atoms with Crippen molar-refractivity contribution < 1.29 is 12.8 Å². The molecule has 0 spiro atoms. The summed E-state index contributed by atoms with van der Waals surface area (Å²) in [6.07, 6.45) is 2.90. The van der Waals surface area contributed by atoms with Gasteiger partial charge in [0.05, 0.1) is 16.5 Å². The molecule has 138 valence electrons. The van der Waals surface area contributed by atoms with Crippen molar-refractivity contribution in [2.24, 2.45) is 10.9 Å². The molecule has 1 aromatic rings.